The van der Waals surface area contributed by atoms with Crippen LogP contribution < -0.4 is 4.74 Å². The molecule has 2 unspecified atom stereocenters. The van der Waals surface area contributed by atoms with E-state index in [0.29, 0.717) is 12.0 Å². The van der Waals surface area contributed by atoms with Gasteiger partial charge in [-0.05, 0) is 62.1 Å². The number of methoxy groups -OCH3 is 1. The number of rotatable bonds is 4. The quantitative estimate of drug-likeness (QED) is 0.796. The summed E-state index contributed by atoms with van der Waals surface area (Å²) in [4.78, 5) is 11.9. The van der Waals surface area contributed by atoms with Crippen molar-refractivity contribution in [2.75, 3.05) is 7.11 Å². The standard InChI is InChI=1S/C19H22O4/c1-11-14(4-3-5-17(11)22-13-7-8-13)12-6-9-15-16(10-12)19(21-2)23-18(15)20/h3-5,12-13,19H,6-10H2,1-2H3. The molecule has 2 aliphatic carbocycles. The first-order valence-corrected chi connectivity index (χ1v) is 8.39. The number of hydrogen-bond donors (Lipinski definition) is 0. The molecule has 0 amide bonds. The number of benzene rings is 1. The largest absolute Gasteiger partial charge is 0.490 e. The fourth-order valence-corrected chi connectivity index (χ4v) is 3.70. The molecule has 1 fully saturated rings. The Hall–Kier alpha value is -1.81. The third kappa shape index (κ3) is 2.65. The monoisotopic (exact) mass is 314 g/mol. The number of ether oxygens (including phenoxy) is 3. The molecule has 0 bridgehead atoms. The number of esters is 1. The van der Waals surface area contributed by atoms with Crippen molar-refractivity contribution in [3.05, 3.63) is 40.5 Å². The van der Waals surface area contributed by atoms with Crippen LogP contribution in [0.3, 0.4) is 0 Å². The molecule has 0 spiro atoms. The number of carbonyl (C=O) groups excluding carboxylic acids is 1. The van der Waals surface area contributed by atoms with Gasteiger partial charge in [0.1, 0.15) is 5.75 Å². The fourth-order valence-electron chi connectivity index (χ4n) is 3.70. The summed E-state index contributed by atoms with van der Waals surface area (Å²) in [5.74, 6) is 1.20. The first kappa shape index (κ1) is 14.8. The first-order chi connectivity index (χ1) is 11.2. The third-order valence-electron chi connectivity index (χ3n) is 5.14. The van der Waals surface area contributed by atoms with Crippen molar-refractivity contribution >= 4 is 5.97 Å². The van der Waals surface area contributed by atoms with E-state index in [1.165, 1.54) is 11.1 Å². The minimum absolute atomic E-state index is 0.201. The van der Waals surface area contributed by atoms with Crippen molar-refractivity contribution < 1.29 is 19.0 Å². The van der Waals surface area contributed by atoms with Crippen LogP contribution in [0.25, 0.3) is 0 Å². The average molecular weight is 314 g/mol. The van der Waals surface area contributed by atoms with E-state index < -0.39 is 6.29 Å². The van der Waals surface area contributed by atoms with Crippen LogP contribution in [0, 0.1) is 6.92 Å². The van der Waals surface area contributed by atoms with Crippen LogP contribution in [-0.2, 0) is 14.3 Å². The Balaban J connectivity index is 1.60. The summed E-state index contributed by atoms with van der Waals surface area (Å²) in [6.45, 7) is 2.14. The van der Waals surface area contributed by atoms with Gasteiger partial charge in [-0.2, -0.15) is 0 Å². The molecule has 23 heavy (non-hydrogen) atoms. The van der Waals surface area contributed by atoms with Crippen LogP contribution in [0.4, 0.5) is 0 Å². The van der Waals surface area contributed by atoms with E-state index in [0.717, 1.165) is 49.0 Å². The molecule has 0 aromatic heterocycles. The van der Waals surface area contributed by atoms with Gasteiger partial charge in [0.05, 0.1) is 6.10 Å². The molecule has 4 heteroatoms. The normalized spacial score (nSPS) is 27.0. The SMILES string of the molecule is COC1OC(=O)C2=C1CC(c1cccc(OC3CC3)c1C)CC2. The summed E-state index contributed by atoms with van der Waals surface area (Å²) in [6.07, 6.45) is 4.81. The molecule has 1 aromatic carbocycles. The predicted octanol–water partition coefficient (Wildman–Crippen LogP) is 3.63. The molecule has 4 rings (SSSR count). The molecular formula is C19H22O4. The number of hydrogen-bond acceptors (Lipinski definition) is 4. The predicted molar refractivity (Wildman–Crippen MR) is 85.3 cm³/mol. The molecule has 1 aliphatic heterocycles. The Labute approximate surface area is 136 Å². The minimum Gasteiger partial charge on any atom is -0.490 e. The molecule has 1 saturated carbocycles. The highest BCUT2D eigenvalue weighted by Gasteiger charge is 2.38. The molecule has 122 valence electrons. The second-order valence-corrected chi connectivity index (χ2v) is 6.70. The molecule has 1 heterocycles. The van der Waals surface area contributed by atoms with Gasteiger partial charge in [-0.15, -0.1) is 0 Å². The molecular weight excluding hydrogens is 292 g/mol. The lowest BCUT2D eigenvalue weighted by Gasteiger charge is -2.26. The van der Waals surface area contributed by atoms with Crippen LogP contribution >= 0.6 is 0 Å². The van der Waals surface area contributed by atoms with E-state index in [2.05, 4.69) is 25.1 Å². The van der Waals surface area contributed by atoms with E-state index in [1.807, 2.05) is 0 Å². The first-order valence-electron chi connectivity index (χ1n) is 8.39. The molecule has 0 N–H and O–H groups in total. The maximum Gasteiger partial charge on any atom is 0.336 e. The highest BCUT2D eigenvalue weighted by atomic mass is 16.7. The van der Waals surface area contributed by atoms with Gasteiger partial charge in [-0.25, -0.2) is 4.79 Å². The van der Waals surface area contributed by atoms with Gasteiger partial charge >= 0.3 is 5.97 Å². The van der Waals surface area contributed by atoms with Crippen LogP contribution in [0.2, 0.25) is 0 Å². The molecule has 2 atom stereocenters. The Morgan fingerprint density at radius 1 is 1.22 bits per heavy atom. The van der Waals surface area contributed by atoms with Crippen molar-refractivity contribution in [2.45, 2.75) is 57.3 Å². The summed E-state index contributed by atoms with van der Waals surface area (Å²) in [5.41, 5.74) is 4.41. The Kier molecular flexibility index (Phi) is 3.64. The van der Waals surface area contributed by atoms with Crippen molar-refractivity contribution in [2.24, 2.45) is 0 Å². The molecule has 0 saturated heterocycles. The summed E-state index contributed by atoms with van der Waals surface area (Å²) >= 11 is 0. The number of carbonyl (C=O) groups is 1. The average Bonchev–Trinajstić information content (AvgIpc) is 3.32. The van der Waals surface area contributed by atoms with Gasteiger partial charge in [0.2, 0.25) is 6.29 Å². The van der Waals surface area contributed by atoms with Crippen LogP contribution in [0.15, 0.2) is 29.3 Å². The lowest BCUT2D eigenvalue weighted by atomic mass is 9.79. The van der Waals surface area contributed by atoms with E-state index >= 15 is 0 Å². The maximum absolute atomic E-state index is 11.9. The topological polar surface area (TPSA) is 44.8 Å². The summed E-state index contributed by atoms with van der Waals surface area (Å²) in [6, 6.07) is 6.32. The van der Waals surface area contributed by atoms with E-state index in [4.69, 9.17) is 14.2 Å². The van der Waals surface area contributed by atoms with Gasteiger partial charge in [0.15, 0.2) is 0 Å². The second-order valence-electron chi connectivity index (χ2n) is 6.70. The van der Waals surface area contributed by atoms with Crippen LogP contribution in [0.1, 0.15) is 49.1 Å². The van der Waals surface area contributed by atoms with Crippen molar-refractivity contribution in [1.29, 1.82) is 0 Å². The summed E-state index contributed by atoms with van der Waals surface area (Å²) in [7, 11) is 1.59. The van der Waals surface area contributed by atoms with Gasteiger partial charge in [-0.3, -0.25) is 0 Å². The van der Waals surface area contributed by atoms with E-state index in [1.54, 1.807) is 7.11 Å². The third-order valence-corrected chi connectivity index (χ3v) is 5.14. The minimum atomic E-state index is -0.494. The van der Waals surface area contributed by atoms with Gasteiger partial charge < -0.3 is 14.2 Å². The van der Waals surface area contributed by atoms with E-state index in [9.17, 15) is 4.79 Å². The Morgan fingerprint density at radius 2 is 2.04 bits per heavy atom. The van der Waals surface area contributed by atoms with Crippen molar-refractivity contribution in [1.82, 2.24) is 0 Å². The van der Waals surface area contributed by atoms with E-state index in [-0.39, 0.29) is 5.97 Å². The summed E-state index contributed by atoms with van der Waals surface area (Å²) in [5, 5.41) is 0. The van der Waals surface area contributed by atoms with Crippen LogP contribution in [0.5, 0.6) is 5.75 Å². The zero-order valence-corrected chi connectivity index (χ0v) is 13.6. The van der Waals surface area contributed by atoms with Gasteiger partial charge in [0, 0.05) is 18.3 Å². The zero-order chi connectivity index (χ0) is 16.0. The van der Waals surface area contributed by atoms with Crippen LogP contribution in [-0.4, -0.2) is 25.5 Å². The van der Waals surface area contributed by atoms with Gasteiger partial charge in [0.25, 0.3) is 0 Å². The zero-order valence-electron chi connectivity index (χ0n) is 13.6. The second kappa shape index (κ2) is 5.68. The fraction of sp³-hybridized carbons (Fsp3) is 0.526. The smallest absolute Gasteiger partial charge is 0.336 e. The lowest BCUT2D eigenvalue weighted by Crippen LogP contribution is -2.17. The number of cyclic esters (lactones) is 1. The molecule has 0 radical (unpaired) electrons. The molecule has 1 aromatic rings. The maximum atomic E-state index is 11.9. The highest BCUT2D eigenvalue weighted by molar-refractivity contribution is 5.92. The van der Waals surface area contributed by atoms with Crippen molar-refractivity contribution in [3.63, 3.8) is 0 Å². The Bertz CT molecular complexity index is 672. The van der Waals surface area contributed by atoms with Crippen molar-refractivity contribution in [3.8, 4) is 5.75 Å². The lowest BCUT2D eigenvalue weighted by molar-refractivity contribution is -0.156. The Morgan fingerprint density at radius 3 is 2.78 bits per heavy atom. The van der Waals surface area contributed by atoms with Gasteiger partial charge in [-0.1, -0.05) is 12.1 Å². The molecule has 4 nitrogen and oxygen atoms in total. The highest BCUT2D eigenvalue weighted by Crippen LogP contribution is 2.44. The molecule has 3 aliphatic rings. The summed E-state index contributed by atoms with van der Waals surface area (Å²) < 4.78 is 16.6.